The highest BCUT2D eigenvalue weighted by molar-refractivity contribution is 6.07. The van der Waals surface area contributed by atoms with Crippen molar-refractivity contribution in [3.8, 4) is 0 Å². The van der Waals surface area contributed by atoms with E-state index < -0.39 is 16.7 Å². The van der Waals surface area contributed by atoms with Gasteiger partial charge in [0.25, 0.3) is 11.6 Å². The lowest BCUT2D eigenvalue weighted by molar-refractivity contribution is -0.385. The lowest BCUT2D eigenvalue weighted by Gasteiger charge is -2.30. The first-order valence-electron chi connectivity index (χ1n) is 9.12. The summed E-state index contributed by atoms with van der Waals surface area (Å²) >= 11 is 0. The molecule has 3 N–H and O–H groups in total. The molecule has 1 saturated heterocycles. The number of nitrogens with one attached hydrogen (secondary N) is 1. The zero-order valence-corrected chi connectivity index (χ0v) is 15.6. The molecule has 0 radical (unpaired) electrons. The van der Waals surface area contributed by atoms with Crippen LogP contribution < -0.4 is 16.0 Å². The fraction of sp³-hybridized carbons (Fsp3) is 0.300. The first-order chi connectivity index (χ1) is 13.4. The molecular weight excluding hydrogens is 360 g/mol. The Labute approximate surface area is 162 Å². The first-order valence-corrected chi connectivity index (χ1v) is 9.12. The van der Waals surface area contributed by atoms with Gasteiger partial charge >= 0.3 is 0 Å². The van der Waals surface area contributed by atoms with Gasteiger partial charge in [0, 0.05) is 35.8 Å². The number of rotatable bonds is 5. The SMILES string of the molecule is Cc1ccc(C(=O)Nc2cc(C(N)=O)ccc2N2CCCCC2)cc1[N+](=O)[O-]. The maximum absolute atomic E-state index is 12.7. The highest BCUT2D eigenvalue weighted by Gasteiger charge is 2.20. The maximum Gasteiger partial charge on any atom is 0.273 e. The van der Waals surface area contributed by atoms with E-state index in [0.717, 1.165) is 38.0 Å². The van der Waals surface area contributed by atoms with Gasteiger partial charge in [0.1, 0.15) is 0 Å². The quantitative estimate of drug-likeness (QED) is 0.608. The second-order valence-electron chi connectivity index (χ2n) is 6.86. The van der Waals surface area contributed by atoms with Gasteiger partial charge in [-0.2, -0.15) is 0 Å². The van der Waals surface area contributed by atoms with Crippen LogP contribution in [0.15, 0.2) is 36.4 Å². The van der Waals surface area contributed by atoms with Crippen molar-refractivity contribution in [3.63, 3.8) is 0 Å². The fourth-order valence-electron chi connectivity index (χ4n) is 3.34. The van der Waals surface area contributed by atoms with Gasteiger partial charge < -0.3 is 16.0 Å². The molecule has 3 rings (SSSR count). The Morgan fingerprint density at radius 3 is 2.39 bits per heavy atom. The number of nitrogens with two attached hydrogens (primary N) is 1. The van der Waals surface area contributed by atoms with Crippen molar-refractivity contribution in [1.29, 1.82) is 0 Å². The van der Waals surface area contributed by atoms with Crippen LogP contribution in [-0.2, 0) is 0 Å². The van der Waals surface area contributed by atoms with Crippen LogP contribution in [0, 0.1) is 17.0 Å². The minimum absolute atomic E-state index is 0.116. The number of amides is 2. The van der Waals surface area contributed by atoms with E-state index in [4.69, 9.17) is 5.73 Å². The standard InChI is InChI=1S/C20H22N4O4/c1-13-5-6-15(12-18(13)24(27)28)20(26)22-16-11-14(19(21)25)7-8-17(16)23-9-3-2-4-10-23/h5-8,11-12H,2-4,9-10H2,1H3,(H2,21,25)(H,22,26). The first kappa shape index (κ1) is 19.3. The minimum atomic E-state index is -0.591. The molecule has 1 fully saturated rings. The zero-order valence-electron chi connectivity index (χ0n) is 15.6. The van der Waals surface area contributed by atoms with E-state index in [2.05, 4.69) is 10.2 Å². The fourth-order valence-corrected chi connectivity index (χ4v) is 3.34. The summed E-state index contributed by atoms with van der Waals surface area (Å²) in [5, 5.41) is 13.9. The van der Waals surface area contributed by atoms with Gasteiger partial charge in [0.05, 0.1) is 16.3 Å². The van der Waals surface area contributed by atoms with E-state index in [1.54, 1.807) is 31.2 Å². The van der Waals surface area contributed by atoms with Gasteiger partial charge in [-0.1, -0.05) is 6.07 Å². The summed E-state index contributed by atoms with van der Waals surface area (Å²) in [6.07, 6.45) is 3.26. The van der Waals surface area contributed by atoms with E-state index in [9.17, 15) is 19.7 Å². The predicted molar refractivity (Wildman–Crippen MR) is 107 cm³/mol. The highest BCUT2D eigenvalue weighted by Crippen LogP contribution is 2.30. The molecule has 0 bridgehead atoms. The number of aryl methyl sites for hydroxylation is 1. The van der Waals surface area contributed by atoms with Crippen LogP contribution in [0.5, 0.6) is 0 Å². The van der Waals surface area contributed by atoms with Gasteiger partial charge in [-0.15, -0.1) is 0 Å². The Hall–Kier alpha value is -3.42. The number of nitro benzene ring substituents is 1. The Kier molecular flexibility index (Phi) is 5.58. The normalized spacial score (nSPS) is 13.8. The molecule has 1 aliphatic rings. The third kappa shape index (κ3) is 4.11. The number of carbonyl (C=O) groups excluding carboxylic acids is 2. The second-order valence-corrected chi connectivity index (χ2v) is 6.86. The molecule has 0 saturated carbocycles. The highest BCUT2D eigenvalue weighted by atomic mass is 16.6. The van der Waals surface area contributed by atoms with Gasteiger partial charge in [0.2, 0.25) is 5.91 Å². The predicted octanol–water partition coefficient (Wildman–Crippen LogP) is 3.24. The molecule has 2 aromatic rings. The molecule has 8 nitrogen and oxygen atoms in total. The van der Waals surface area contributed by atoms with E-state index >= 15 is 0 Å². The molecule has 0 aliphatic carbocycles. The van der Waals surface area contributed by atoms with Crippen LogP contribution >= 0.6 is 0 Å². The summed E-state index contributed by atoms with van der Waals surface area (Å²) in [5.74, 6) is -1.07. The lowest BCUT2D eigenvalue weighted by Crippen LogP contribution is -2.30. The Balaban J connectivity index is 1.94. The number of nitrogens with zero attached hydrogens (tertiary/aromatic N) is 2. The number of hydrogen-bond acceptors (Lipinski definition) is 5. The van der Waals surface area contributed by atoms with Crippen LogP contribution in [0.25, 0.3) is 0 Å². The van der Waals surface area contributed by atoms with Crippen LogP contribution in [0.1, 0.15) is 45.5 Å². The molecule has 8 heteroatoms. The molecule has 28 heavy (non-hydrogen) atoms. The van der Waals surface area contributed by atoms with Gasteiger partial charge in [-0.25, -0.2) is 0 Å². The summed E-state index contributed by atoms with van der Waals surface area (Å²) < 4.78 is 0. The smallest absolute Gasteiger partial charge is 0.273 e. The average molecular weight is 382 g/mol. The van der Waals surface area contributed by atoms with E-state index in [1.807, 2.05) is 0 Å². The van der Waals surface area contributed by atoms with Crippen molar-refractivity contribution in [2.45, 2.75) is 26.2 Å². The van der Waals surface area contributed by atoms with Crippen molar-refractivity contribution in [2.24, 2.45) is 5.73 Å². The van der Waals surface area contributed by atoms with E-state index in [0.29, 0.717) is 11.3 Å². The van der Waals surface area contributed by atoms with E-state index in [1.165, 1.54) is 12.1 Å². The number of hydrogen-bond donors (Lipinski definition) is 2. The Morgan fingerprint density at radius 1 is 1.07 bits per heavy atom. The molecule has 2 amide bonds. The topological polar surface area (TPSA) is 119 Å². The number of carbonyl (C=O) groups is 2. The number of nitro groups is 1. The zero-order chi connectivity index (χ0) is 20.3. The van der Waals surface area contributed by atoms with Gasteiger partial charge in [-0.05, 0) is 50.5 Å². The third-order valence-corrected chi connectivity index (χ3v) is 4.89. The van der Waals surface area contributed by atoms with Crippen molar-refractivity contribution >= 4 is 28.9 Å². The van der Waals surface area contributed by atoms with Crippen molar-refractivity contribution < 1.29 is 14.5 Å². The summed E-state index contributed by atoms with van der Waals surface area (Å²) in [5.41, 5.74) is 7.47. The maximum atomic E-state index is 12.7. The number of primary amides is 1. The van der Waals surface area contributed by atoms with Crippen molar-refractivity contribution in [3.05, 3.63) is 63.2 Å². The summed E-state index contributed by atoms with van der Waals surface area (Å²) in [6.45, 7) is 3.33. The molecule has 1 aliphatic heterocycles. The molecule has 2 aromatic carbocycles. The summed E-state index contributed by atoms with van der Waals surface area (Å²) in [6, 6.07) is 9.29. The van der Waals surface area contributed by atoms with Crippen LogP contribution in [0.2, 0.25) is 0 Å². The van der Waals surface area contributed by atoms with Crippen molar-refractivity contribution in [2.75, 3.05) is 23.3 Å². The van der Waals surface area contributed by atoms with Crippen LogP contribution in [0.4, 0.5) is 17.1 Å². The van der Waals surface area contributed by atoms with Gasteiger partial charge in [0.15, 0.2) is 0 Å². The number of piperidine rings is 1. The van der Waals surface area contributed by atoms with Crippen LogP contribution in [-0.4, -0.2) is 29.8 Å². The summed E-state index contributed by atoms with van der Waals surface area (Å²) in [4.78, 5) is 37.1. The summed E-state index contributed by atoms with van der Waals surface area (Å²) in [7, 11) is 0. The number of benzene rings is 2. The Bertz CT molecular complexity index is 936. The average Bonchev–Trinajstić information content (AvgIpc) is 2.68. The molecule has 1 heterocycles. The molecule has 146 valence electrons. The second kappa shape index (κ2) is 8.08. The third-order valence-electron chi connectivity index (χ3n) is 4.89. The molecule has 0 aromatic heterocycles. The lowest BCUT2D eigenvalue weighted by atomic mass is 10.1. The largest absolute Gasteiger partial charge is 0.370 e. The minimum Gasteiger partial charge on any atom is -0.370 e. The molecular formula is C20H22N4O4. The van der Waals surface area contributed by atoms with Gasteiger partial charge in [-0.3, -0.25) is 19.7 Å². The molecule has 0 unspecified atom stereocenters. The Morgan fingerprint density at radius 2 is 1.75 bits per heavy atom. The number of anilines is 2. The monoisotopic (exact) mass is 382 g/mol. The molecule has 0 spiro atoms. The van der Waals surface area contributed by atoms with Crippen LogP contribution in [0.3, 0.4) is 0 Å². The van der Waals surface area contributed by atoms with E-state index in [-0.39, 0.29) is 16.8 Å². The molecule has 0 atom stereocenters. The van der Waals surface area contributed by atoms with Crippen molar-refractivity contribution in [1.82, 2.24) is 0 Å².